The molecule has 0 aliphatic heterocycles. The molecule has 2 aromatic rings. The Morgan fingerprint density at radius 1 is 1.52 bits per heavy atom. The number of aliphatic hydroxyl groups excluding tert-OH is 1. The number of nitrogens with one attached hydrogen (secondary N) is 1. The Morgan fingerprint density at radius 3 is 3.05 bits per heavy atom. The Hall–Kier alpha value is -1.79. The summed E-state index contributed by atoms with van der Waals surface area (Å²) in [6.45, 7) is 2.07. The van der Waals surface area contributed by atoms with Crippen molar-refractivity contribution in [1.29, 1.82) is 0 Å². The lowest BCUT2D eigenvalue weighted by molar-refractivity contribution is -0.121. The smallest absolute Gasteiger partial charge is 0.226 e. The van der Waals surface area contributed by atoms with E-state index in [9.17, 15) is 4.79 Å². The number of carbonyl (C=O) groups is 1. The fraction of sp³-hybridized carbons (Fsp3) is 0.400. The van der Waals surface area contributed by atoms with Crippen LogP contribution in [0.1, 0.15) is 25.5 Å². The van der Waals surface area contributed by atoms with Gasteiger partial charge in [-0.05, 0) is 25.0 Å². The third-order valence-corrected chi connectivity index (χ3v) is 4.08. The van der Waals surface area contributed by atoms with Crippen LogP contribution in [0, 0.1) is 0 Å². The van der Waals surface area contributed by atoms with Crippen molar-refractivity contribution in [3.63, 3.8) is 0 Å². The van der Waals surface area contributed by atoms with E-state index in [1.807, 2.05) is 24.4 Å². The largest absolute Gasteiger partial charge is 0.396 e. The van der Waals surface area contributed by atoms with Crippen molar-refractivity contribution in [3.05, 3.63) is 35.6 Å². The van der Waals surface area contributed by atoms with Gasteiger partial charge in [-0.3, -0.25) is 9.78 Å². The minimum Gasteiger partial charge on any atom is -0.396 e. The van der Waals surface area contributed by atoms with Crippen molar-refractivity contribution in [2.24, 2.45) is 0 Å². The van der Waals surface area contributed by atoms with Crippen LogP contribution in [0.3, 0.4) is 0 Å². The van der Waals surface area contributed by atoms with E-state index in [0.717, 1.165) is 22.7 Å². The van der Waals surface area contributed by atoms with Crippen molar-refractivity contribution in [1.82, 2.24) is 15.3 Å². The summed E-state index contributed by atoms with van der Waals surface area (Å²) in [6, 6.07) is 3.84. The Balaban J connectivity index is 1.95. The minimum absolute atomic E-state index is 0.0268. The van der Waals surface area contributed by atoms with E-state index in [1.54, 1.807) is 12.4 Å². The van der Waals surface area contributed by atoms with E-state index in [1.165, 1.54) is 11.3 Å². The predicted molar refractivity (Wildman–Crippen MR) is 83.0 cm³/mol. The quantitative estimate of drug-likeness (QED) is 0.820. The van der Waals surface area contributed by atoms with Crippen molar-refractivity contribution in [2.45, 2.75) is 32.2 Å². The average Bonchev–Trinajstić information content (AvgIpc) is 2.96. The highest BCUT2D eigenvalue weighted by atomic mass is 32.1. The number of pyridine rings is 1. The molecule has 1 unspecified atom stereocenters. The molecule has 2 N–H and O–H groups in total. The van der Waals surface area contributed by atoms with Crippen molar-refractivity contribution >= 4 is 17.2 Å². The highest BCUT2D eigenvalue weighted by Crippen LogP contribution is 2.22. The van der Waals surface area contributed by atoms with Gasteiger partial charge in [0, 0.05) is 36.0 Å². The standard InChI is InChI=1S/C15H19N3O2S/c1-2-12(5-7-19)17-14(20)8-13-10-21-15(18-13)11-4-3-6-16-9-11/h3-4,6,9-10,12,19H,2,5,7-8H2,1H3,(H,17,20). The van der Waals surface area contributed by atoms with Crippen LogP contribution in [0.25, 0.3) is 10.6 Å². The van der Waals surface area contributed by atoms with Gasteiger partial charge in [0.05, 0.1) is 12.1 Å². The molecule has 0 aliphatic carbocycles. The van der Waals surface area contributed by atoms with E-state index in [-0.39, 0.29) is 25.0 Å². The highest BCUT2D eigenvalue weighted by molar-refractivity contribution is 7.13. The third kappa shape index (κ3) is 4.61. The molecule has 2 rings (SSSR count). The first-order chi connectivity index (χ1) is 10.2. The molecule has 0 aliphatic rings. The Labute approximate surface area is 128 Å². The summed E-state index contributed by atoms with van der Waals surface area (Å²) >= 11 is 1.51. The molecular formula is C15H19N3O2S. The highest BCUT2D eigenvalue weighted by Gasteiger charge is 2.12. The zero-order valence-corrected chi connectivity index (χ0v) is 12.8. The fourth-order valence-electron chi connectivity index (χ4n) is 1.99. The van der Waals surface area contributed by atoms with E-state index in [0.29, 0.717) is 6.42 Å². The molecule has 0 fully saturated rings. The summed E-state index contributed by atoms with van der Waals surface area (Å²) < 4.78 is 0. The summed E-state index contributed by atoms with van der Waals surface area (Å²) in [5.41, 5.74) is 1.72. The van der Waals surface area contributed by atoms with Crippen LogP contribution in [0.15, 0.2) is 29.9 Å². The number of hydrogen-bond acceptors (Lipinski definition) is 5. The molecule has 2 aromatic heterocycles. The lowest BCUT2D eigenvalue weighted by Crippen LogP contribution is -2.36. The summed E-state index contributed by atoms with van der Waals surface area (Å²) in [5.74, 6) is -0.0571. The molecule has 1 atom stereocenters. The van der Waals surface area contributed by atoms with E-state index in [2.05, 4.69) is 15.3 Å². The summed E-state index contributed by atoms with van der Waals surface area (Å²) in [6.07, 6.45) is 5.14. The van der Waals surface area contributed by atoms with Crippen LogP contribution in [0.2, 0.25) is 0 Å². The zero-order valence-electron chi connectivity index (χ0n) is 12.0. The van der Waals surface area contributed by atoms with Gasteiger partial charge < -0.3 is 10.4 Å². The summed E-state index contributed by atoms with van der Waals surface area (Å²) in [5, 5.41) is 14.6. The first-order valence-electron chi connectivity index (χ1n) is 6.98. The van der Waals surface area contributed by atoms with Gasteiger partial charge in [-0.15, -0.1) is 11.3 Å². The second kappa shape index (κ2) is 7.85. The Morgan fingerprint density at radius 2 is 2.38 bits per heavy atom. The Bertz CT molecular complexity index is 571. The molecule has 0 bridgehead atoms. The fourth-order valence-corrected chi connectivity index (χ4v) is 2.80. The lowest BCUT2D eigenvalue weighted by atomic mass is 10.1. The molecule has 0 radical (unpaired) electrons. The molecule has 0 spiro atoms. The van der Waals surface area contributed by atoms with E-state index in [4.69, 9.17) is 5.11 Å². The van der Waals surface area contributed by atoms with Gasteiger partial charge in [0.2, 0.25) is 5.91 Å². The molecule has 2 heterocycles. The molecule has 1 amide bonds. The molecule has 5 nitrogen and oxygen atoms in total. The van der Waals surface area contributed by atoms with Crippen LogP contribution in [0.4, 0.5) is 0 Å². The number of nitrogens with zero attached hydrogens (tertiary/aromatic N) is 2. The van der Waals surface area contributed by atoms with Gasteiger partial charge in [0.15, 0.2) is 0 Å². The van der Waals surface area contributed by atoms with Crippen LogP contribution in [-0.4, -0.2) is 33.6 Å². The maximum Gasteiger partial charge on any atom is 0.226 e. The van der Waals surface area contributed by atoms with E-state index >= 15 is 0 Å². The molecule has 0 saturated carbocycles. The minimum atomic E-state index is -0.0571. The zero-order chi connectivity index (χ0) is 15.1. The number of aromatic nitrogens is 2. The molecule has 21 heavy (non-hydrogen) atoms. The normalized spacial score (nSPS) is 12.1. The summed E-state index contributed by atoms with van der Waals surface area (Å²) in [4.78, 5) is 20.5. The topological polar surface area (TPSA) is 75.1 Å². The van der Waals surface area contributed by atoms with Crippen molar-refractivity contribution in [3.8, 4) is 10.6 Å². The van der Waals surface area contributed by atoms with Gasteiger partial charge in [-0.1, -0.05) is 6.92 Å². The first-order valence-corrected chi connectivity index (χ1v) is 7.86. The van der Waals surface area contributed by atoms with Gasteiger partial charge in [0.25, 0.3) is 0 Å². The monoisotopic (exact) mass is 305 g/mol. The average molecular weight is 305 g/mol. The van der Waals surface area contributed by atoms with Crippen LogP contribution >= 0.6 is 11.3 Å². The van der Waals surface area contributed by atoms with Crippen LogP contribution in [0.5, 0.6) is 0 Å². The maximum absolute atomic E-state index is 12.0. The van der Waals surface area contributed by atoms with Crippen molar-refractivity contribution < 1.29 is 9.90 Å². The molecule has 112 valence electrons. The van der Waals surface area contributed by atoms with Gasteiger partial charge >= 0.3 is 0 Å². The van der Waals surface area contributed by atoms with Gasteiger partial charge in [-0.2, -0.15) is 0 Å². The molecule has 0 aromatic carbocycles. The Kier molecular flexibility index (Phi) is 5.83. The van der Waals surface area contributed by atoms with Gasteiger partial charge in [0.1, 0.15) is 5.01 Å². The number of carbonyl (C=O) groups excluding carboxylic acids is 1. The predicted octanol–water partition coefficient (Wildman–Crippen LogP) is 2.02. The van der Waals surface area contributed by atoms with Gasteiger partial charge in [-0.25, -0.2) is 4.98 Å². The van der Waals surface area contributed by atoms with Crippen LogP contribution in [-0.2, 0) is 11.2 Å². The SMILES string of the molecule is CCC(CCO)NC(=O)Cc1csc(-c2cccnc2)n1. The van der Waals surface area contributed by atoms with Crippen LogP contribution < -0.4 is 5.32 Å². The number of hydrogen-bond donors (Lipinski definition) is 2. The maximum atomic E-state index is 12.0. The van der Waals surface area contributed by atoms with E-state index < -0.39 is 0 Å². The lowest BCUT2D eigenvalue weighted by Gasteiger charge is -2.15. The molecule has 0 saturated heterocycles. The second-order valence-corrected chi connectivity index (χ2v) is 5.61. The number of amides is 1. The number of aliphatic hydroxyl groups is 1. The first kappa shape index (κ1) is 15.6. The molecular weight excluding hydrogens is 286 g/mol. The number of thiazole rings is 1. The molecule has 6 heteroatoms. The second-order valence-electron chi connectivity index (χ2n) is 4.75. The summed E-state index contributed by atoms with van der Waals surface area (Å²) in [7, 11) is 0. The number of rotatable bonds is 7. The van der Waals surface area contributed by atoms with Crippen molar-refractivity contribution in [2.75, 3.05) is 6.61 Å². The third-order valence-electron chi connectivity index (χ3n) is 3.14.